The third-order valence-corrected chi connectivity index (χ3v) is 3.52. The molecule has 0 unspecified atom stereocenters. The van der Waals surface area contributed by atoms with Crippen molar-refractivity contribution in [3.63, 3.8) is 0 Å². The fraction of sp³-hybridized carbons (Fsp3) is 0.316. The van der Waals surface area contributed by atoms with Gasteiger partial charge in [0.15, 0.2) is 5.96 Å². The molecule has 2 N–H and O–H groups in total. The van der Waals surface area contributed by atoms with Gasteiger partial charge in [-0.05, 0) is 23.3 Å². The Labute approximate surface area is 166 Å². The van der Waals surface area contributed by atoms with Crippen LogP contribution in [0.15, 0.2) is 59.6 Å². The van der Waals surface area contributed by atoms with E-state index < -0.39 is 0 Å². The van der Waals surface area contributed by atoms with Gasteiger partial charge in [0.1, 0.15) is 12.4 Å². The van der Waals surface area contributed by atoms with Crippen LogP contribution in [0.1, 0.15) is 11.1 Å². The zero-order valence-electron chi connectivity index (χ0n) is 14.7. The molecule has 0 aliphatic rings. The third-order valence-electron chi connectivity index (χ3n) is 3.52. The van der Waals surface area contributed by atoms with Crippen molar-refractivity contribution < 1.29 is 9.47 Å². The summed E-state index contributed by atoms with van der Waals surface area (Å²) in [5.74, 6) is 1.63. The van der Waals surface area contributed by atoms with Crippen LogP contribution < -0.4 is 15.4 Å². The second-order valence-electron chi connectivity index (χ2n) is 5.22. The molecular formula is C19H26IN3O2. The summed E-state index contributed by atoms with van der Waals surface area (Å²) in [4.78, 5) is 4.21. The van der Waals surface area contributed by atoms with Gasteiger partial charge in [0.25, 0.3) is 0 Å². The summed E-state index contributed by atoms with van der Waals surface area (Å²) in [6.07, 6.45) is 0. The molecular weight excluding hydrogens is 429 g/mol. The normalized spacial score (nSPS) is 10.7. The van der Waals surface area contributed by atoms with Gasteiger partial charge in [-0.2, -0.15) is 0 Å². The molecule has 0 bridgehead atoms. The fourth-order valence-electron chi connectivity index (χ4n) is 2.22. The van der Waals surface area contributed by atoms with E-state index in [0.29, 0.717) is 19.8 Å². The fourth-order valence-corrected chi connectivity index (χ4v) is 2.22. The summed E-state index contributed by atoms with van der Waals surface area (Å²) in [5.41, 5.74) is 2.34. The molecule has 0 atom stereocenters. The second-order valence-corrected chi connectivity index (χ2v) is 5.22. The Morgan fingerprint density at radius 1 is 0.960 bits per heavy atom. The van der Waals surface area contributed by atoms with E-state index in [1.165, 1.54) is 5.56 Å². The summed E-state index contributed by atoms with van der Waals surface area (Å²) >= 11 is 0. The highest BCUT2D eigenvalue weighted by Crippen LogP contribution is 2.14. The van der Waals surface area contributed by atoms with E-state index in [-0.39, 0.29) is 24.0 Å². The maximum Gasteiger partial charge on any atom is 0.191 e. The number of aliphatic imine (C=N–C) groups is 1. The summed E-state index contributed by atoms with van der Waals surface area (Å²) in [5, 5.41) is 6.51. The van der Waals surface area contributed by atoms with E-state index in [2.05, 4.69) is 27.8 Å². The molecule has 0 saturated heterocycles. The summed E-state index contributed by atoms with van der Waals surface area (Å²) in [6.45, 7) is 2.58. The van der Waals surface area contributed by atoms with Crippen molar-refractivity contribution in [2.45, 2.75) is 13.2 Å². The Morgan fingerprint density at radius 2 is 1.64 bits per heavy atom. The van der Waals surface area contributed by atoms with Gasteiger partial charge in [-0.1, -0.05) is 42.5 Å². The minimum Gasteiger partial charge on any atom is -0.489 e. The average molecular weight is 455 g/mol. The SMILES string of the molecule is CN=C(NCCOC)NCc1ccccc1COc1ccccc1.I. The lowest BCUT2D eigenvalue weighted by Crippen LogP contribution is -2.38. The average Bonchev–Trinajstić information content (AvgIpc) is 2.64. The van der Waals surface area contributed by atoms with E-state index in [9.17, 15) is 0 Å². The second kappa shape index (κ2) is 12.5. The molecule has 2 aromatic rings. The molecule has 0 aliphatic carbocycles. The number of para-hydroxylation sites is 1. The Balaban J connectivity index is 0.00000312. The number of hydrogen-bond donors (Lipinski definition) is 2. The number of methoxy groups -OCH3 is 1. The number of benzene rings is 2. The maximum absolute atomic E-state index is 5.86. The largest absolute Gasteiger partial charge is 0.489 e. The van der Waals surface area contributed by atoms with Gasteiger partial charge >= 0.3 is 0 Å². The van der Waals surface area contributed by atoms with Crippen molar-refractivity contribution >= 4 is 29.9 Å². The molecule has 0 aliphatic heterocycles. The van der Waals surface area contributed by atoms with Crippen LogP contribution in [0.5, 0.6) is 5.75 Å². The molecule has 0 aromatic heterocycles. The number of guanidine groups is 1. The van der Waals surface area contributed by atoms with Gasteiger partial charge < -0.3 is 20.1 Å². The highest BCUT2D eigenvalue weighted by molar-refractivity contribution is 14.0. The van der Waals surface area contributed by atoms with Gasteiger partial charge in [-0.15, -0.1) is 24.0 Å². The standard InChI is InChI=1S/C19H25N3O2.HI/c1-20-19(21-12-13-23-2)22-14-16-8-6-7-9-17(16)15-24-18-10-4-3-5-11-18;/h3-11H,12-15H2,1-2H3,(H2,20,21,22);1H. The highest BCUT2D eigenvalue weighted by atomic mass is 127. The quantitative estimate of drug-likeness (QED) is 0.278. The Kier molecular flexibility index (Phi) is 10.7. The van der Waals surface area contributed by atoms with Crippen molar-refractivity contribution in [1.82, 2.24) is 10.6 Å². The Morgan fingerprint density at radius 3 is 2.32 bits per heavy atom. The topological polar surface area (TPSA) is 54.9 Å². The number of ether oxygens (including phenoxy) is 2. The van der Waals surface area contributed by atoms with Gasteiger partial charge in [0.05, 0.1) is 6.61 Å². The van der Waals surface area contributed by atoms with E-state index in [0.717, 1.165) is 23.8 Å². The van der Waals surface area contributed by atoms with Crippen LogP contribution in [0, 0.1) is 0 Å². The molecule has 25 heavy (non-hydrogen) atoms. The zero-order valence-corrected chi connectivity index (χ0v) is 17.0. The first-order valence-electron chi connectivity index (χ1n) is 8.01. The van der Waals surface area contributed by atoms with Crippen LogP contribution in [0.3, 0.4) is 0 Å². The van der Waals surface area contributed by atoms with Crippen LogP contribution in [-0.2, 0) is 17.9 Å². The molecule has 0 radical (unpaired) electrons. The van der Waals surface area contributed by atoms with Crippen molar-refractivity contribution in [3.8, 4) is 5.75 Å². The molecule has 2 rings (SSSR count). The molecule has 0 saturated carbocycles. The molecule has 0 fully saturated rings. The number of nitrogens with zero attached hydrogens (tertiary/aromatic N) is 1. The number of nitrogens with one attached hydrogen (secondary N) is 2. The number of halogens is 1. The van der Waals surface area contributed by atoms with E-state index in [4.69, 9.17) is 9.47 Å². The van der Waals surface area contributed by atoms with Crippen molar-refractivity contribution in [1.29, 1.82) is 0 Å². The van der Waals surface area contributed by atoms with E-state index >= 15 is 0 Å². The van der Waals surface area contributed by atoms with Gasteiger partial charge in [0, 0.05) is 27.2 Å². The Hall–Kier alpha value is -1.80. The number of hydrogen-bond acceptors (Lipinski definition) is 3. The first kappa shape index (κ1) is 21.2. The molecule has 0 spiro atoms. The van der Waals surface area contributed by atoms with Gasteiger partial charge in [-0.3, -0.25) is 4.99 Å². The molecule has 6 heteroatoms. The first-order valence-corrected chi connectivity index (χ1v) is 8.01. The monoisotopic (exact) mass is 455 g/mol. The molecule has 5 nitrogen and oxygen atoms in total. The minimum absolute atomic E-state index is 0. The van der Waals surface area contributed by atoms with Gasteiger partial charge in [-0.25, -0.2) is 0 Å². The lowest BCUT2D eigenvalue weighted by molar-refractivity contribution is 0.203. The third kappa shape index (κ3) is 7.74. The highest BCUT2D eigenvalue weighted by Gasteiger charge is 2.04. The summed E-state index contributed by atoms with van der Waals surface area (Å²) in [6, 6.07) is 18.1. The maximum atomic E-state index is 5.86. The summed E-state index contributed by atoms with van der Waals surface area (Å²) < 4.78 is 10.9. The Bertz CT molecular complexity index is 636. The van der Waals surface area contributed by atoms with Crippen LogP contribution in [-0.4, -0.2) is 33.3 Å². The number of rotatable bonds is 8. The lowest BCUT2D eigenvalue weighted by atomic mass is 10.1. The van der Waals surface area contributed by atoms with Crippen LogP contribution in [0.4, 0.5) is 0 Å². The van der Waals surface area contributed by atoms with Crippen molar-refractivity contribution in [2.75, 3.05) is 27.3 Å². The predicted octanol–water partition coefficient (Wildman–Crippen LogP) is 3.20. The molecule has 0 amide bonds. The lowest BCUT2D eigenvalue weighted by Gasteiger charge is -2.14. The van der Waals surface area contributed by atoms with Crippen molar-refractivity contribution in [3.05, 3.63) is 65.7 Å². The van der Waals surface area contributed by atoms with E-state index in [1.807, 2.05) is 42.5 Å². The first-order chi connectivity index (χ1) is 11.8. The van der Waals surface area contributed by atoms with Crippen LogP contribution in [0.2, 0.25) is 0 Å². The zero-order chi connectivity index (χ0) is 17.0. The molecule has 2 aromatic carbocycles. The van der Waals surface area contributed by atoms with E-state index in [1.54, 1.807) is 14.2 Å². The van der Waals surface area contributed by atoms with Crippen LogP contribution >= 0.6 is 24.0 Å². The van der Waals surface area contributed by atoms with Gasteiger partial charge in [0.2, 0.25) is 0 Å². The molecule has 136 valence electrons. The minimum atomic E-state index is 0. The predicted molar refractivity (Wildman–Crippen MR) is 113 cm³/mol. The smallest absolute Gasteiger partial charge is 0.191 e. The molecule has 0 heterocycles. The summed E-state index contributed by atoms with van der Waals surface area (Å²) in [7, 11) is 3.44. The van der Waals surface area contributed by atoms with Crippen molar-refractivity contribution in [2.24, 2.45) is 4.99 Å². The van der Waals surface area contributed by atoms with Crippen LogP contribution in [0.25, 0.3) is 0 Å².